The molecule has 0 radical (unpaired) electrons. The van der Waals surface area contributed by atoms with Gasteiger partial charge in [0.25, 0.3) is 0 Å². The molecule has 1 atom stereocenters. The van der Waals surface area contributed by atoms with E-state index < -0.39 is 6.10 Å². The van der Waals surface area contributed by atoms with Gasteiger partial charge in [0.15, 0.2) is 6.10 Å². The van der Waals surface area contributed by atoms with Gasteiger partial charge in [-0.15, -0.1) is 0 Å². The fourth-order valence-corrected chi connectivity index (χ4v) is 5.67. The number of unbranched alkanes of at least 4 members (excludes halogenated alkanes) is 18. The van der Waals surface area contributed by atoms with Crippen molar-refractivity contribution >= 4 is 17.9 Å². The lowest BCUT2D eigenvalue weighted by molar-refractivity contribution is -0.167. The second-order valence-electron chi connectivity index (χ2n) is 13.9. The minimum Gasteiger partial charge on any atom is -0.462 e. The van der Waals surface area contributed by atoms with Crippen molar-refractivity contribution in [2.24, 2.45) is 0 Å². The lowest BCUT2D eigenvalue weighted by atomic mass is 10.1. The number of carbonyl (C=O) groups is 3. The van der Waals surface area contributed by atoms with Crippen molar-refractivity contribution in [3.63, 3.8) is 0 Å². The standard InChI is InChI=1S/C45H78O6/c1-4-7-10-13-16-18-19-20-21-22-23-24-25-27-29-32-35-38-44(47)50-41-42(40-49-43(46)37-34-31-28-15-12-9-6-3)51-45(48)39-36-33-30-26-17-14-11-8-5-2/h7,10,16,18,20-21,23-24,42H,4-6,8-9,11-15,17,19,22,25-41H2,1-3H3/b10-7-,18-16-,21-20-,24-23-. The van der Waals surface area contributed by atoms with Crippen molar-refractivity contribution in [3.05, 3.63) is 48.6 Å². The van der Waals surface area contributed by atoms with E-state index in [2.05, 4.69) is 69.4 Å². The summed E-state index contributed by atoms with van der Waals surface area (Å²) in [5.74, 6) is -0.918. The molecule has 0 rings (SSSR count). The number of allylic oxidation sites excluding steroid dienone is 8. The van der Waals surface area contributed by atoms with E-state index in [1.165, 1.54) is 64.2 Å². The van der Waals surface area contributed by atoms with Gasteiger partial charge in [0.2, 0.25) is 0 Å². The van der Waals surface area contributed by atoms with Crippen molar-refractivity contribution in [1.29, 1.82) is 0 Å². The van der Waals surface area contributed by atoms with E-state index in [-0.39, 0.29) is 31.1 Å². The first-order chi connectivity index (χ1) is 25.0. The Kier molecular flexibility index (Phi) is 38.1. The second kappa shape index (κ2) is 40.1. The van der Waals surface area contributed by atoms with E-state index >= 15 is 0 Å². The fraction of sp³-hybridized carbons (Fsp3) is 0.756. The average molecular weight is 715 g/mol. The van der Waals surface area contributed by atoms with Crippen LogP contribution in [-0.4, -0.2) is 37.2 Å². The molecular formula is C45H78O6. The molecule has 0 aliphatic rings. The molecule has 0 aliphatic carbocycles. The average Bonchev–Trinajstić information content (AvgIpc) is 3.12. The number of rotatable bonds is 37. The van der Waals surface area contributed by atoms with Crippen molar-refractivity contribution in [2.45, 2.75) is 207 Å². The molecule has 6 heteroatoms. The van der Waals surface area contributed by atoms with Gasteiger partial charge in [-0.1, -0.05) is 172 Å². The summed E-state index contributed by atoms with van der Waals surface area (Å²) < 4.78 is 16.6. The predicted octanol–water partition coefficient (Wildman–Crippen LogP) is 13.2. The summed E-state index contributed by atoms with van der Waals surface area (Å²) in [6.07, 6.45) is 45.3. The minimum absolute atomic E-state index is 0.0799. The van der Waals surface area contributed by atoms with Crippen LogP contribution < -0.4 is 0 Å². The molecule has 0 N–H and O–H groups in total. The van der Waals surface area contributed by atoms with Crippen LogP contribution in [0.25, 0.3) is 0 Å². The zero-order valence-electron chi connectivity index (χ0n) is 33.4. The van der Waals surface area contributed by atoms with Crippen LogP contribution in [0, 0.1) is 0 Å². The second-order valence-corrected chi connectivity index (χ2v) is 13.9. The Balaban J connectivity index is 4.32. The molecule has 0 bridgehead atoms. The van der Waals surface area contributed by atoms with Gasteiger partial charge in [-0.25, -0.2) is 0 Å². The topological polar surface area (TPSA) is 78.9 Å². The lowest BCUT2D eigenvalue weighted by Gasteiger charge is -2.18. The van der Waals surface area contributed by atoms with Crippen LogP contribution in [0.3, 0.4) is 0 Å². The van der Waals surface area contributed by atoms with E-state index in [1.54, 1.807) is 0 Å². The third-order valence-electron chi connectivity index (χ3n) is 8.85. The normalized spacial score (nSPS) is 12.5. The first-order valence-electron chi connectivity index (χ1n) is 21.1. The summed E-state index contributed by atoms with van der Waals surface area (Å²) in [5.41, 5.74) is 0. The lowest BCUT2D eigenvalue weighted by Crippen LogP contribution is -2.30. The first-order valence-corrected chi connectivity index (χ1v) is 21.1. The summed E-state index contributed by atoms with van der Waals surface area (Å²) in [6.45, 7) is 6.42. The molecule has 51 heavy (non-hydrogen) atoms. The largest absolute Gasteiger partial charge is 0.462 e. The van der Waals surface area contributed by atoms with Crippen LogP contribution in [-0.2, 0) is 28.6 Å². The third kappa shape index (κ3) is 38.4. The Morgan fingerprint density at radius 1 is 0.412 bits per heavy atom. The van der Waals surface area contributed by atoms with Gasteiger partial charge in [0.05, 0.1) is 0 Å². The maximum absolute atomic E-state index is 12.6. The van der Waals surface area contributed by atoms with Crippen molar-refractivity contribution in [1.82, 2.24) is 0 Å². The highest BCUT2D eigenvalue weighted by Crippen LogP contribution is 2.13. The fourth-order valence-electron chi connectivity index (χ4n) is 5.67. The number of hydrogen-bond donors (Lipinski definition) is 0. The molecule has 0 aliphatic heterocycles. The molecule has 0 fully saturated rings. The van der Waals surface area contributed by atoms with Crippen LogP contribution in [0.15, 0.2) is 48.6 Å². The van der Waals surface area contributed by atoms with E-state index in [0.29, 0.717) is 19.3 Å². The van der Waals surface area contributed by atoms with Gasteiger partial charge in [-0.3, -0.25) is 14.4 Å². The van der Waals surface area contributed by atoms with Crippen LogP contribution in [0.2, 0.25) is 0 Å². The van der Waals surface area contributed by atoms with Gasteiger partial charge in [0.1, 0.15) is 13.2 Å². The van der Waals surface area contributed by atoms with Gasteiger partial charge < -0.3 is 14.2 Å². The molecule has 0 aromatic carbocycles. The monoisotopic (exact) mass is 715 g/mol. The molecule has 0 saturated carbocycles. The van der Waals surface area contributed by atoms with Gasteiger partial charge >= 0.3 is 17.9 Å². The zero-order chi connectivity index (χ0) is 37.3. The number of ether oxygens (including phenoxy) is 3. The van der Waals surface area contributed by atoms with Crippen molar-refractivity contribution < 1.29 is 28.6 Å². The number of carbonyl (C=O) groups excluding carboxylic acids is 3. The number of esters is 3. The first kappa shape index (κ1) is 48.4. The molecule has 0 amide bonds. The molecule has 0 aromatic heterocycles. The third-order valence-corrected chi connectivity index (χ3v) is 8.85. The summed E-state index contributed by atoms with van der Waals surface area (Å²) >= 11 is 0. The SMILES string of the molecule is CC/C=C\C/C=C\C/C=C\C/C=C\CCCCCCC(=O)OCC(COC(=O)CCCCCCCCC)OC(=O)CCCCCCCCCCC. The molecule has 0 heterocycles. The van der Waals surface area contributed by atoms with E-state index in [0.717, 1.165) is 96.3 Å². The summed E-state index contributed by atoms with van der Waals surface area (Å²) in [6, 6.07) is 0. The van der Waals surface area contributed by atoms with Crippen LogP contribution in [0.1, 0.15) is 201 Å². The molecule has 294 valence electrons. The van der Waals surface area contributed by atoms with E-state index in [1.807, 2.05) is 0 Å². The Morgan fingerprint density at radius 3 is 1.20 bits per heavy atom. The summed E-state index contributed by atoms with van der Waals surface area (Å²) in [4.78, 5) is 37.4. The van der Waals surface area contributed by atoms with Gasteiger partial charge in [0, 0.05) is 19.3 Å². The highest BCUT2D eigenvalue weighted by atomic mass is 16.6. The minimum atomic E-state index is -0.774. The summed E-state index contributed by atoms with van der Waals surface area (Å²) in [5, 5.41) is 0. The maximum atomic E-state index is 12.6. The van der Waals surface area contributed by atoms with Gasteiger partial charge in [-0.05, 0) is 57.8 Å². The Hall–Kier alpha value is -2.63. The van der Waals surface area contributed by atoms with E-state index in [4.69, 9.17) is 14.2 Å². The van der Waals surface area contributed by atoms with Gasteiger partial charge in [-0.2, -0.15) is 0 Å². The molecular weight excluding hydrogens is 636 g/mol. The molecule has 0 aromatic rings. The molecule has 0 spiro atoms. The smallest absolute Gasteiger partial charge is 0.306 e. The highest BCUT2D eigenvalue weighted by molar-refractivity contribution is 5.71. The zero-order valence-corrected chi connectivity index (χ0v) is 33.4. The maximum Gasteiger partial charge on any atom is 0.306 e. The summed E-state index contributed by atoms with van der Waals surface area (Å²) in [7, 11) is 0. The predicted molar refractivity (Wildman–Crippen MR) is 215 cm³/mol. The quantitative estimate of drug-likeness (QED) is 0.0276. The van der Waals surface area contributed by atoms with Crippen LogP contribution >= 0.6 is 0 Å². The Labute approximate surface area is 314 Å². The Morgan fingerprint density at radius 2 is 0.765 bits per heavy atom. The van der Waals surface area contributed by atoms with E-state index in [9.17, 15) is 14.4 Å². The highest BCUT2D eigenvalue weighted by Gasteiger charge is 2.19. The number of hydrogen-bond acceptors (Lipinski definition) is 6. The van der Waals surface area contributed by atoms with Crippen molar-refractivity contribution in [3.8, 4) is 0 Å². The van der Waals surface area contributed by atoms with Crippen molar-refractivity contribution in [2.75, 3.05) is 13.2 Å². The van der Waals surface area contributed by atoms with Crippen LogP contribution in [0.4, 0.5) is 0 Å². The Bertz CT molecular complexity index is 918. The molecule has 0 saturated heterocycles. The van der Waals surface area contributed by atoms with Crippen LogP contribution in [0.5, 0.6) is 0 Å². The molecule has 6 nitrogen and oxygen atoms in total. The molecule has 1 unspecified atom stereocenters.